The molecular weight excluding hydrogens is 242 g/mol. The van der Waals surface area contributed by atoms with E-state index in [4.69, 9.17) is 9.94 Å². The molecule has 0 saturated heterocycles. The summed E-state index contributed by atoms with van der Waals surface area (Å²) >= 11 is 0. The van der Waals surface area contributed by atoms with Gasteiger partial charge in [0.05, 0.1) is 5.60 Å². The summed E-state index contributed by atoms with van der Waals surface area (Å²) in [4.78, 5) is 16.4. The molecule has 114 valence electrons. The zero-order valence-corrected chi connectivity index (χ0v) is 13.1. The van der Waals surface area contributed by atoms with Gasteiger partial charge in [0, 0.05) is 6.54 Å². The largest absolute Gasteiger partial charge is 0.480 e. The van der Waals surface area contributed by atoms with E-state index in [-0.39, 0.29) is 12.1 Å². The Hall–Kier alpha value is -0.610. The number of carbonyl (C=O) groups is 1. The Morgan fingerprint density at radius 1 is 1.05 bits per heavy atom. The number of unbranched alkanes of at least 4 members (excludes halogenated alkanes) is 6. The third kappa shape index (κ3) is 13.6. The van der Waals surface area contributed by atoms with Crippen molar-refractivity contribution in [3.8, 4) is 0 Å². The van der Waals surface area contributed by atoms with Crippen LogP contribution < -0.4 is 0 Å². The first kappa shape index (κ1) is 18.4. The Morgan fingerprint density at radius 2 is 1.58 bits per heavy atom. The minimum Gasteiger partial charge on any atom is -0.480 e. The van der Waals surface area contributed by atoms with Crippen molar-refractivity contribution < 1.29 is 14.7 Å². The molecule has 19 heavy (non-hydrogen) atoms. The fourth-order valence-corrected chi connectivity index (χ4v) is 1.94. The van der Waals surface area contributed by atoms with Gasteiger partial charge in [-0.05, 0) is 27.2 Å². The standard InChI is InChI=1S/C15H31NO3/c1-5-6-7-8-9-10-11-12-16(13-14(17)18)19-15(2,3)4/h5-13H2,1-4H3,(H,17,18). The Labute approximate surface area is 118 Å². The van der Waals surface area contributed by atoms with E-state index >= 15 is 0 Å². The first-order chi connectivity index (χ1) is 8.85. The van der Waals surface area contributed by atoms with E-state index < -0.39 is 5.97 Å². The summed E-state index contributed by atoms with van der Waals surface area (Å²) in [7, 11) is 0. The van der Waals surface area contributed by atoms with Gasteiger partial charge in [-0.15, -0.1) is 0 Å². The molecule has 0 spiro atoms. The van der Waals surface area contributed by atoms with Crippen molar-refractivity contribution in [3.63, 3.8) is 0 Å². The van der Waals surface area contributed by atoms with E-state index in [1.54, 1.807) is 5.06 Å². The van der Waals surface area contributed by atoms with E-state index in [1.807, 2.05) is 20.8 Å². The lowest BCUT2D eigenvalue weighted by molar-refractivity contribution is -0.230. The average Bonchev–Trinajstić information content (AvgIpc) is 2.24. The molecule has 0 aromatic rings. The van der Waals surface area contributed by atoms with Gasteiger partial charge in [0.2, 0.25) is 0 Å². The second kappa shape index (κ2) is 10.2. The highest BCUT2D eigenvalue weighted by atomic mass is 16.7. The molecule has 0 aliphatic heterocycles. The summed E-state index contributed by atoms with van der Waals surface area (Å²) in [5, 5.41) is 10.4. The monoisotopic (exact) mass is 273 g/mol. The molecular formula is C15H31NO3. The Balaban J connectivity index is 3.77. The van der Waals surface area contributed by atoms with Gasteiger partial charge in [-0.3, -0.25) is 9.63 Å². The minimum atomic E-state index is -0.841. The predicted molar refractivity (Wildman–Crippen MR) is 78.0 cm³/mol. The van der Waals surface area contributed by atoms with Gasteiger partial charge in [-0.1, -0.05) is 45.4 Å². The summed E-state index contributed by atoms with van der Waals surface area (Å²) in [6, 6.07) is 0. The summed E-state index contributed by atoms with van der Waals surface area (Å²) in [6.07, 6.45) is 8.56. The van der Waals surface area contributed by atoms with Crippen LogP contribution in [0.4, 0.5) is 0 Å². The fourth-order valence-electron chi connectivity index (χ4n) is 1.94. The molecule has 0 aliphatic carbocycles. The summed E-state index contributed by atoms with van der Waals surface area (Å²) in [6.45, 7) is 8.67. The third-order valence-corrected chi connectivity index (χ3v) is 2.73. The maximum Gasteiger partial charge on any atom is 0.320 e. The van der Waals surface area contributed by atoms with Gasteiger partial charge < -0.3 is 5.11 Å². The molecule has 1 N–H and O–H groups in total. The molecule has 0 rings (SSSR count). The van der Waals surface area contributed by atoms with E-state index in [9.17, 15) is 4.79 Å². The molecule has 0 unspecified atom stereocenters. The second-order valence-electron chi connectivity index (χ2n) is 6.08. The summed E-state index contributed by atoms with van der Waals surface area (Å²) in [5.41, 5.74) is -0.337. The van der Waals surface area contributed by atoms with Gasteiger partial charge in [0.25, 0.3) is 0 Å². The molecule has 0 aromatic carbocycles. The Kier molecular flexibility index (Phi) is 9.88. The van der Waals surface area contributed by atoms with E-state index in [0.717, 1.165) is 12.8 Å². The zero-order chi connectivity index (χ0) is 14.7. The molecule has 0 radical (unpaired) electrons. The van der Waals surface area contributed by atoms with E-state index in [0.29, 0.717) is 6.54 Å². The Morgan fingerprint density at radius 3 is 2.05 bits per heavy atom. The maximum absolute atomic E-state index is 10.8. The SMILES string of the molecule is CCCCCCCCCN(CC(=O)O)OC(C)(C)C. The van der Waals surface area contributed by atoms with Crippen LogP contribution >= 0.6 is 0 Å². The fraction of sp³-hybridized carbons (Fsp3) is 0.933. The number of nitrogens with zero attached hydrogens (tertiary/aromatic N) is 1. The first-order valence-corrected chi connectivity index (χ1v) is 7.51. The van der Waals surface area contributed by atoms with Crippen LogP contribution in [0.15, 0.2) is 0 Å². The smallest absolute Gasteiger partial charge is 0.320 e. The lowest BCUT2D eigenvalue weighted by atomic mass is 10.1. The highest BCUT2D eigenvalue weighted by Gasteiger charge is 2.18. The van der Waals surface area contributed by atoms with Crippen molar-refractivity contribution in [2.75, 3.05) is 13.1 Å². The molecule has 0 bridgehead atoms. The van der Waals surface area contributed by atoms with Crippen molar-refractivity contribution in [2.24, 2.45) is 0 Å². The van der Waals surface area contributed by atoms with Crippen LogP contribution in [0.3, 0.4) is 0 Å². The Bertz CT molecular complexity index is 236. The lowest BCUT2D eigenvalue weighted by Crippen LogP contribution is -2.38. The van der Waals surface area contributed by atoms with Crippen molar-refractivity contribution in [2.45, 2.75) is 78.2 Å². The highest BCUT2D eigenvalue weighted by Crippen LogP contribution is 2.12. The highest BCUT2D eigenvalue weighted by molar-refractivity contribution is 5.68. The molecule has 0 aromatic heterocycles. The van der Waals surface area contributed by atoms with E-state index in [2.05, 4.69) is 6.92 Å². The third-order valence-electron chi connectivity index (χ3n) is 2.73. The van der Waals surface area contributed by atoms with Gasteiger partial charge in [-0.2, -0.15) is 5.06 Å². The van der Waals surface area contributed by atoms with Crippen molar-refractivity contribution in [1.29, 1.82) is 0 Å². The van der Waals surface area contributed by atoms with E-state index in [1.165, 1.54) is 32.1 Å². The minimum absolute atomic E-state index is 0.0485. The normalized spacial score (nSPS) is 12.1. The quantitative estimate of drug-likeness (QED) is 0.459. The number of rotatable bonds is 11. The zero-order valence-electron chi connectivity index (χ0n) is 13.1. The number of hydroxylamine groups is 2. The van der Waals surface area contributed by atoms with Gasteiger partial charge in [0.15, 0.2) is 0 Å². The van der Waals surface area contributed by atoms with Crippen LogP contribution in [0.5, 0.6) is 0 Å². The predicted octanol–water partition coefficient (Wildman–Crippen LogP) is 3.85. The van der Waals surface area contributed by atoms with Gasteiger partial charge >= 0.3 is 5.97 Å². The summed E-state index contributed by atoms with van der Waals surface area (Å²) in [5.74, 6) is -0.841. The summed E-state index contributed by atoms with van der Waals surface area (Å²) < 4.78 is 0. The molecule has 0 saturated carbocycles. The van der Waals surface area contributed by atoms with Crippen LogP contribution in [-0.4, -0.2) is 34.8 Å². The molecule has 4 heteroatoms. The molecule has 0 amide bonds. The number of carboxylic acid groups (broad SMARTS) is 1. The van der Waals surface area contributed by atoms with Crippen molar-refractivity contribution in [1.82, 2.24) is 5.06 Å². The molecule has 0 fully saturated rings. The number of carboxylic acids is 1. The van der Waals surface area contributed by atoms with Crippen LogP contribution in [0.2, 0.25) is 0 Å². The molecule has 0 heterocycles. The van der Waals surface area contributed by atoms with Crippen LogP contribution in [0.1, 0.15) is 72.6 Å². The first-order valence-electron chi connectivity index (χ1n) is 7.51. The maximum atomic E-state index is 10.8. The van der Waals surface area contributed by atoms with Gasteiger partial charge in [-0.25, -0.2) is 0 Å². The van der Waals surface area contributed by atoms with Crippen LogP contribution in [0, 0.1) is 0 Å². The molecule has 0 atom stereocenters. The number of hydrogen-bond acceptors (Lipinski definition) is 3. The van der Waals surface area contributed by atoms with Crippen LogP contribution in [0.25, 0.3) is 0 Å². The van der Waals surface area contributed by atoms with Gasteiger partial charge in [0.1, 0.15) is 6.54 Å². The average molecular weight is 273 g/mol. The molecule has 4 nitrogen and oxygen atoms in total. The number of aliphatic carboxylic acids is 1. The topological polar surface area (TPSA) is 49.8 Å². The van der Waals surface area contributed by atoms with Crippen molar-refractivity contribution in [3.05, 3.63) is 0 Å². The number of hydrogen-bond donors (Lipinski definition) is 1. The van der Waals surface area contributed by atoms with Crippen molar-refractivity contribution >= 4 is 5.97 Å². The second-order valence-corrected chi connectivity index (χ2v) is 6.08. The van der Waals surface area contributed by atoms with Crippen LogP contribution in [-0.2, 0) is 9.63 Å². The molecule has 0 aliphatic rings. The lowest BCUT2D eigenvalue weighted by Gasteiger charge is -2.28.